The van der Waals surface area contributed by atoms with Crippen LogP contribution in [0.5, 0.6) is 0 Å². The molecule has 1 aliphatic heterocycles. The number of rotatable bonds is 11. The molecule has 1 aromatic rings. The highest BCUT2D eigenvalue weighted by molar-refractivity contribution is 5.72. The van der Waals surface area contributed by atoms with Gasteiger partial charge in [0, 0.05) is 59.7 Å². The normalized spacial score (nSPS) is 27.6. The van der Waals surface area contributed by atoms with Gasteiger partial charge in [-0.05, 0) is 75.1 Å². The molecule has 1 aliphatic rings. The Morgan fingerprint density at radius 1 is 1.15 bits per heavy atom. The van der Waals surface area contributed by atoms with Gasteiger partial charge in [-0.15, -0.1) is 0 Å². The first kappa shape index (κ1) is 35.1. The zero-order valence-corrected chi connectivity index (χ0v) is 25.8. The lowest BCUT2D eigenvalue weighted by atomic mass is 9.84. The van der Waals surface area contributed by atoms with Gasteiger partial charge in [0.25, 0.3) is 0 Å². The van der Waals surface area contributed by atoms with Crippen molar-refractivity contribution in [1.29, 1.82) is 0 Å². The highest BCUT2D eigenvalue weighted by Gasteiger charge is 2.33. The van der Waals surface area contributed by atoms with Crippen molar-refractivity contribution in [2.45, 2.75) is 103 Å². The van der Waals surface area contributed by atoms with E-state index in [9.17, 15) is 14.7 Å². The van der Waals surface area contributed by atoms with E-state index in [1.54, 1.807) is 40.6 Å². The first-order valence-corrected chi connectivity index (χ1v) is 15.0. The fourth-order valence-electron chi connectivity index (χ4n) is 5.42. The molecule has 234 valence electrons. The molecule has 2 rings (SSSR count). The number of methoxy groups -OCH3 is 3. The molecule has 0 saturated carbocycles. The number of aryl methyl sites for hydroxylation is 1. The minimum absolute atomic E-state index is 0.0116. The highest BCUT2D eigenvalue weighted by Crippen LogP contribution is 2.29. The molecule has 2 heterocycles. The molecular weight excluding hydrogens is 528 g/mol. The van der Waals surface area contributed by atoms with Gasteiger partial charge in [0.1, 0.15) is 12.2 Å². The van der Waals surface area contributed by atoms with Gasteiger partial charge in [0.2, 0.25) is 0 Å². The molecule has 0 radical (unpaired) electrons. The van der Waals surface area contributed by atoms with E-state index in [4.69, 9.17) is 23.7 Å². The van der Waals surface area contributed by atoms with E-state index in [2.05, 4.69) is 16.8 Å². The predicted octanol–water partition coefficient (Wildman–Crippen LogP) is 3.78. The Kier molecular flexibility index (Phi) is 16.4. The maximum atomic E-state index is 13.0. The van der Waals surface area contributed by atoms with Crippen LogP contribution in [0.2, 0.25) is 0 Å². The van der Waals surface area contributed by atoms with Gasteiger partial charge in [0.15, 0.2) is 6.29 Å². The number of hydrogen-bond acceptors (Lipinski definition) is 10. The molecule has 1 N–H and O–H groups in total. The number of cyclic esters (lactones) is 1. The Morgan fingerprint density at radius 3 is 2.49 bits per heavy atom. The van der Waals surface area contributed by atoms with E-state index in [1.807, 2.05) is 19.1 Å². The number of pyridine rings is 1. The Morgan fingerprint density at radius 2 is 1.85 bits per heavy atom. The minimum atomic E-state index is -0.784. The van der Waals surface area contributed by atoms with Gasteiger partial charge in [-0.3, -0.25) is 14.6 Å². The van der Waals surface area contributed by atoms with Crippen LogP contribution in [0.15, 0.2) is 24.5 Å². The number of carbonyl (C=O) groups is 2. The van der Waals surface area contributed by atoms with E-state index >= 15 is 0 Å². The molecule has 0 spiro atoms. The summed E-state index contributed by atoms with van der Waals surface area (Å²) in [5.41, 5.74) is 1.23. The average molecular weight is 581 g/mol. The molecule has 0 aliphatic carbocycles. The van der Waals surface area contributed by atoms with Crippen molar-refractivity contribution < 1.29 is 38.4 Å². The number of carbonyl (C=O) groups excluding carboxylic acids is 2. The lowest BCUT2D eigenvalue weighted by Crippen LogP contribution is -2.39. The van der Waals surface area contributed by atoms with Crippen LogP contribution in [0.4, 0.5) is 0 Å². The summed E-state index contributed by atoms with van der Waals surface area (Å²) in [6.45, 7) is 7.66. The maximum absolute atomic E-state index is 13.0. The maximum Gasteiger partial charge on any atom is 0.309 e. The molecule has 0 amide bonds. The summed E-state index contributed by atoms with van der Waals surface area (Å²) < 4.78 is 28.2. The molecule has 6 atom stereocenters. The summed E-state index contributed by atoms with van der Waals surface area (Å²) >= 11 is 0. The Bertz CT molecular complexity index is 869. The molecule has 0 aromatic carbocycles. The van der Waals surface area contributed by atoms with E-state index in [1.165, 1.54) is 5.56 Å². The third-order valence-corrected chi connectivity index (χ3v) is 7.95. The second kappa shape index (κ2) is 19.2. The molecule has 1 saturated heterocycles. The van der Waals surface area contributed by atoms with Gasteiger partial charge < -0.3 is 33.7 Å². The van der Waals surface area contributed by atoms with Crippen molar-refractivity contribution in [3.05, 3.63) is 30.1 Å². The van der Waals surface area contributed by atoms with Crippen LogP contribution in [0.3, 0.4) is 0 Å². The van der Waals surface area contributed by atoms with Crippen LogP contribution in [0.1, 0.15) is 71.3 Å². The third kappa shape index (κ3) is 13.2. The smallest absolute Gasteiger partial charge is 0.309 e. The van der Waals surface area contributed by atoms with Crippen molar-refractivity contribution in [2.75, 3.05) is 41.0 Å². The molecule has 41 heavy (non-hydrogen) atoms. The van der Waals surface area contributed by atoms with Crippen molar-refractivity contribution in [2.24, 2.45) is 11.8 Å². The summed E-state index contributed by atoms with van der Waals surface area (Å²) in [7, 11) is 4.75. The molecule has 10 nitrogen and oxygen atoms in total. The number of esters is 2. The van der Waals surface area contributed by atoms with E-state index < -0.39 is 36.5 Å². The van der Waals surface area contributed by atoms with Crippen LogP contribution in [-0.4, -0.2) is 98.6 Å². The minimum Gasteiger partial charge on any atom is -0.463 e. The Hall–Kier alpha value is -2.11. The second-order valence-electron chi connectivity index (χ2n) is 11.2. The SMILES string of the molecule is CCC(=O)OC1CC(=O)OC(C)CCN(CCCc2ccncc2)CC(O)C(C)CC(CC(OC)OC)CC1OC. The zero-order valence-electron chi connectivity index (χ0n) is 25.8. The van der Waals surface area contributed by atoms with E-state index in [0.29, 0.717) is 38.8 Å². The zero-order chi connectivity index (χ0) is 30.2. The summed E-state index contributed by atoms with van der Waals surface area (Å²) in [6, 6.07) is 4.05. The monoisotopic (exact) mass is 580 g/mol. The van der Waals surface area contributed by atoms with Gasteiger partial charge in [-0.2, -0.15) is 0 Å². The average Bonchev–Trinajstić information content (AvgIpc) is 2.96. The lowest BCUT2D eigenvalue weighted by Gasteiger charge is -2.33. The van der Waals surface area contributed by atoms with Gasteiger partial charge in [-0.1, -0.05) is 13.8 Å². The molecule has 1 aromatic heterocycles. The predicted molar refractivity (Wildman–Crippen MR) is 155 cm³/mol. The number of aliphatic hydroxyl groups is 1. The van der Waals surface area contributed by atoms with Crippen LogP contribution < -0.4 is 0 Å². The standard InChI is InChI=1S/C31H52N2O8/c1-7-29(35)41-28-20-30(36)40-23(3)12-16-33(15-8-9-24-10-13-32-14-11-24)21-26(34)22(2)17-25(18-27(28)37-4)19-31(38-5)39-6/h10-11,13-14,22-23,25-28,31,34H,7-9,12,15-21H2,1-6H3. The topological polar surface area (TPSA) is 117 Å². The van der Waals surface area contributed by atoms with Crippen LogP contribution in [0.25, 0.3) is 0 Å². The molecule has 10 heteroatoms. The fraction of sp³-hybridized carbons (Fsp3) is 0.774. The molecule has 6 unspecified atom stereocenters. The first-order chi connectivity index (χ1) is 19.7. The lowest BCUT2D eigenvalue weighted by molar-refractivity contribution is -0.166. The van der Waals surface area contributed by atoms with Crippen molar-refractivity contribution >= 4 is 11.9 Å². The summed E-state index contributed by atoms with van der Waals surface area (Å²) in [4.78, 5) is 31.6. The summed E-state index contributed by atoms with van der Waals surface area (Å²) in [5, 5.41) is 11.3. The van der Waals surface area contributed by atoms with E-state index in [-0.39, 0.29) is 30.8 Å². The van der Waals surface area contributed by atoms with Gasteiger partial charge >= 0.3 is 11.9 Å². The highest BCUT2D eigenvalue weighted by atomic mass is 16.7. The van der Waals surface area contributed by atoms with Crippen LogP contribution in [0, 0.1) is 11.8 Å². The number of hydrogen-bond donors (Lipinski definition) is 1. The Balaban J connectivity index is 2.26. The summed E-state index contributed by atoms with van der Waals surface area (Å²) in [5.74, 6) is -0.835. The van der Waals surface area contributed by atoms with Crippen molar-refractivity contribution in [1.82, 2.24) is 9.88 Å². The van der Waals surface area contributed by atoms with Gasteiger partial charge in [0.05, 0.1) is 18.6 Å². The van der Waals surface area contributed by atoms with Gasteiger partial charge in [-0.25, -0.2) is 0 Å². The first-order valence-electron chi connectivity index (χ1n) is 15.0. The number of ether oxygens (including phenoxy) is 5. The quantitative estimate of drug-likeness (QED) is 0.306. The fourth-order valence-corrected chi connectivity index (χ4v) is 5.42. The number of nitrogens with zero attached hydrogens (tertiary/aromatic N) is 2. The van der Waals surface area contributed by atoms with Crippen molar-refractivity contribution in [3.63, 3.8) is 0 Å². The van der Waals surface area contributed by atoms with Crippen LogP contribution >= 0.6 is 0 Å². The molecule has 1 fully saturated rings. The Labute approximate surface area is 246 Å². The summed E-state index contributed by atoms with van der Waals surface area (Å²) in [6.07, 6.45) is 5.30. The second-order valence-corrected chi connectivity index (χ2v) is 11.2. The number of aromatic nitrogens is 1. The molecule has 0 bridgehead atoms. The number of β-amino-alcohol motifs (C(OH)–C–C–N with tert-alkyl or cyclic N) is 1. The number of aliphatic hydroxyl groups excluding tert-OH is 1. The third-order valence-electron chi connectivity index (χ3n) is 7.95. The molecular formula is C31H52N2O8. The van der Waals surface area contributed by atoms with Crippen molar-refractivity contribution in [3.8, 4) is 0 Å². The van der Waals surface area contributed by atoms with Crippen LogP contribution in [-0.2, 0) is 39.7 Å². The largest absolute Gasteiger partial charge is 0.463 e. The van der Waals surface area contributed by atoms with E-state index in [0.717, 1.165) is 19.4 Å².